The molecule has 1 heterocycles. The lowest BCUT2D eigenvalue weighted by molar-refractivity contribution is 0.686. The fraction of sp³-hybridized carbons (Fsp3) is 0.333. The van der Waals surface area contributed by atoms with E-state index in [0.717, 1.165) is 11.4 Å². The van der Waals surface area contributed by atoms with E-state index in [1.54, 1.807) is 0 Å². The normalized spacial score (nSPS) is 14.3. The predicted molar refractivity (Wildman–Crippen MR) is 76.2 cm³/mol. The van der Waals surface area contributed by atoms with Crippen molar-refractivity contribution < 1.29 is 0 Å². The maximum absolute atomic E-state index is 5.14. The molecule has 1 aliphatic rings. The van der Waals surface area contributed by atoms with Crippen LogP contribution in [0.1, 0.15) is 29.7 Å². The van der Waals surface area contributed by atoms with Gasteiger partial charge in [0.15, 0.2) is 4.77 Å². The first-order valence-corrected chi connectivity index (χ1v) is 6.83. The fourth-order valence-corrected chi connectivity index (χ4v) is 2.88. The van der Waals surface area contributed by atoms with E-state index in [4.69, 9.17) is 12.2 Å². The molecule has 92 valence electrons. The molecule has 1 aliphatic carbocycles. The highest BCUT2D eigenvalue weighted by Gasteiger charge is 2.10. The Morgan fingerprint density at radius 2 is 1.89 bits per heavy atom. The quantitative estimate of drug-likeness (QED) is 0.781. The molecule has 1 aromatic heterocycles. The summed E-state index contributed by atoms with van der Waals surface area (Å²) in [4.78, 5) is 7.46. The molecule has 2 nitrogen and oxygen atoms in total. The number of aromatic amines is 1. The van der Waals surface area contributed by atoms with Gasteiger partial charge in [-0.15, -0.1) is 0 Å². The Bertz CT molecular complexity index is 643. The summed E-state index contributed by atoms with van der Waals surface area (Å²) in [5.41, 5.74) is 6.20. The van der Waals surface area contributed by atoms with Crippen molar-refractivity contribution in [1.82, 2.24) is 9.97 Å². The van der Waals surface area contributed by atoms with Gasteiger partial charge < -0.3 is 4.98 Å². The van der Waals surface area contributed by atoms with Gasteiger partial charge in [-0.2, -0.15) is 0 Å². The van der Waals surface area contributed by atoms with Crippen molar-refractivity contribution in [3.63, 3.8) is 0 Å². The Morgan fingerprint density at radius 3 is 2.67 bits per heavy atom. The molecule has 0 saturated carbocycles. The minimum Gasteiger partial charge on any atom is -0.335 e. The van der Waals surface area contributed by atoms with Gasteiger partial charge in [0.2, 0.25) is 0 Å². The third kappa shape index (κ3) is 2.23. The molecule has 0 atom stereocenters. The van der Waals surface area contributed by atoms with Gasteiger partial charge in [0.05, 0.1) is 5.69 Å². The average molecular weight is 256 g/mol. The van der Waals surface area contributed by atoms with Gasteiger partial charge in [0.1, 0.15) is 0 Å². The number of hydrogen-bond donors (Lipinski definition) is 1. The van der Waals surface area contributed by atoms with Crippen molar-refractivity contribution >= 4 is 12.2 Å². The third-order valence-corrected chi connectivity index (χ3v) is 3.72. The third-order valence-electron chi connectivity index (χ3n) is 3.52. The molecular weight excluding hydrogens is 240 g/mol. The molecule has 1 aromatic carbocycles. The van der Waals surface area contributed by atoms with Gasteiger partial charge in [0, 0.05) is 11.3 Å². The number of nitrogens with zero attached hydrogens (tertiary/aromatic N) is 1. The van der Waals surface area contributed by atoms with Crippen LogP contribution in [0.2, 0.25) is 0 Å². The smallest absolute Gasteiger partial charge is 0.197 e. The van der Waals surface area contributed by atoms with E-state index >= 15 is 0 Å². The van der Waals surface area contributed by atoms with E-state index < -0.39 is 0 Å². The van der Waals surface area contributed by atoms with E-state index in [1.165, 1.54) is 42.4 Å². The van der Waals surface area contributed by atoms with E-state index in [-0.39, 0.29) is 0 Å². The summed E-state index contributed by atoms with van der Waals surface area (Å²) in [5.74, 6) is 0. The Hall–Kier alpha value is -1.48. The van der Waals surface area contributed by atoms with Gasteiger partial charge in [-0.3, -0.25) is 0 Å². The number of aryl methyl sites for hydroxylation is 3. The zero-order valence-electron chi connectivity index (χ0n) is 10.5. The Balaban J connectivity index is 2.08. The Labute approximate surface area is 112 Å². The predicted octanol–water partition coefficient (Wildman–Crippen LogP) is 3.99. The highest BCUT2D eigenvalue weighted by atomic mass is 32.1. The molecule has 0 saturated heterocycles. The number of aromatic nitrogens is 2. The standard InChI is InChI=1S/C15H16N2S/c1-10-8-14(17-15(18)16-10)13-7-6-11-4-2-3-5-12(11)9-13/h6-9H,2-5H2,1H3,(H,16,17,18). The van der Waals surface area contributed by atoms with Crippen molar-refractivity contribution in [2.45, 2.75) is 32.6 Å². The largest absolute Gasteiger partial charge is 0.335 e. The topological polar surface area (TPSA) is 28.7 Å². The van der Waals surface area contributed by atoms with Crippen molar-refractivity contribution in [1.29, 1.82) is 0 Å². The Morgan fingerprint density at radius 1 is 1.11 bits per heavy atom. The van der Waals surface area contributed by atoms with Crippen LogP contribution in [-0.2, 0) is 12.8 Å². The monoisotopic (exact) mass is 256 g/mol. The molecule has 0 aliphatic heterocycles. The molecule has 3 rings (SSSR count). The van der Waals surface area contributed by atoms with Crippen molar-refractivity contribution in [3.8, 4) is 11.3 Å². The molecule has 1 N–H and O–H groups in total. The lowest BCUT2D eigenvalue weighted by Crippen LogP contribution is -2.02. The molecule has 2 aromatic rings. The molecule has 0 spiro atoms. The van der Waals surface area contributed by atoms with Crippen molar-refractivity contribution in [3.05, 3.63) is 45.9 Å². The molecule has 0 radical (unpaired) electrons. The maximum Gasteiger partial charge on any atom is 0.197 e. The van der Waals surface area contributed by atoms with Crippen LogP contribution in [0.25, 0.3) is 11.3 Å². The van der Waals surface area contributed by atoms with Crippen molar-refractivity contribution in [2.75, 3.05) is 0 Å². The van der Waals surface area contributed by atoms with Gasteiger partial charge in [0.25, 0.3) is 0 Å². The second-order valence-electron chi connectivity index (χ2n) is 4.95. The number of fused-ring (bicyclic) bond motifs is 1. The van der Waals surface area contributed by atoms with Crippen LogP contribution >= 0.6 is 12.2 Å². The fourth-order valence-electron chi connectivity index (χ4n) is 2.62. The summed E-state index contributed by atoms with van der Waals surface area (Å²) >= 11 is 5.14. The SMILES string of the molecule is Cc1cc(-c2ccc3c(c2)CCCC3)nc(=S)[nH]1. The molecule has 3 heteroatoms. The zero-order valence-corrected chi connectivity index (χ0v) is 11.3. The lowest BCUT2D eigenvalue weighted by Gasteiger charge is -2.16. The molecular formula is C15H16N2S. The minimum atomic E-state index is 0.558. The number of nitrogens with one attached hydrogen (secondary N) is 1. The first kappa shape index (κ1) is 11.6. The van der Waals surface area contributed by atoms with Crippen molar-refractivity contribution in [2.24, 2.45) is 0 Å². The van der Waals surface area contributed by atoms with Gasteiger partial charge >= 0.3 is 0 Å². The van der Waals surface area contributed by atoms with E-state index in [2.05, 4.69) is 34.2 Å². The van der Waals surface area contributed by atoms with Gasteiger partial charge in [-0.05, 0) is 68.1 Å². The molecule has 0 bridgehead atoms. The number of H-pyrrole nitrogens is 1. The van der Waals surface area contributed by atoms with Crippen LogP contribution in [0.15, 0.2) is 24.3 Å². The second kappa shape index (κ2) is 4.65. The summed E-state index contributed by atoms with van der Waals surface area (Å²) in [6.07, 6.45) is 5.04. The van der Waals surface area contributed by atoms with Gasteiger partial charge in [-0.25, -0.2) is 4.98 Å². The molecule has 18 heavy (non-hydrogen) atoms. The van der Waals surface area contributed by atoms with Crippen LogP contribution in [0.5, 0.6) is 0 Å². The van der Waals surface area contributed by atoms with Crippen LogP contribution in [0, 0.1) is 11.7 Å². The molecule has 0 amide bonds. The Kier molecular flexibility index (Phi) is 3.00. The second-order valence-corrected chi connectivity index (χ2v) is 5.33. The molecule has 0 fully saturated rings. The molecule has 0 unspecified atom stereocenters. The van der Waals surface area contributed by atoms with Crippen LogP contribution < -0.4 is 0 Å². The summed E-state index contributed by atoms with van der Waals surface area (Å²) < 4.78 is 0.558. The van der Waals surface area contributed by atoms with Crippen LogP contribution in [0.3, 0.4) is 0 Å². The minimum absolute atomic E-state index is 0.558. The van der Waals surface area contributed by atoms with Crippen LogP contribution in [0.4, 0.5) is 0 Å². The highest BCUT2D eigenvalue weighted by Crippen LogP contribution is 2.26. The van der Waals surface area contributed by atoms with Crippen LogP contribution in [-0.4, -0.2) is 9.97 Å². The summed E-state index contributed by atoms with van der Waals surface area (Å²) in [6.45, 7) is 2.01. The zero-order chi connectivity index (χ0) is 12.5. The number of benzene rings is 1. The number of rotatable bonds is 1. The van der Waals surface area contributed by atoms with E-state index in [0.29, 0.717) is 4.77 Å². The number of hydrogen-bond acceptors (Lipinski definition) is 2. The summed E-state index contributed by atoms with van der Waals surface area (Å²) in [5, 5.41) is 0. The van der Waals surface area contributed by atoms with Gasteiger partial charge in [-0.1, -0.05) is 12.1 Å². The average Bonchev–Trinajstić information content (AvgIpc) is 2.37. The summed E-state index contributed by atoms with van der Waals surface area (Å²) in [6, 6.07) is 8.76. The maximum atomic E-state index is 5.14. The highest BCUT2D eigenvalue weighted by molar-refractivity contribution is 7.71. The summed E-state index contributed by atoms with van der Waals surface area (Å²) in [7, 11) is 0. The lowest BCUT2D eigenvalue weighted by atomic mass is 9.90. The first-order valence-electron chi connectivity index (χ1n) is 6.42. The van der Waals surface area contributed by atoms with E-state index in [9.17, 15) is 0 Å². The first-order chi connectivity index (χ1) is 8.72. The van der Waals surface area contributed by atoms with E-state index in [1.807, 2.05) is 6.92 Å².